The number of nitrogens with zero attached hydrogens (tertiary/aromatic N) is 3. The van der Waals surface area contributed by atoms with Gasteiger partial charge in [-0.3, -0.25) is 9.69 Å². The molecule has 0 spiro atoms. The molecule has 9 nitrogen and oxygen atoms in total. The quantitative estimate of drug-likeness (QED) is 0.463. The van der Waals surface area contributed by atoms with Gasteiger partial charge in [0.05, 0.1) is 17.7 Å². The monoisotopic (exact) mass is 565 g/mol. The Hall–Kier alpha value is -3.17. The number of nitriles is 1. The van der Waals surface area contributed by atoms with Gasteiger partial charge in [-0.05, 0) is 64.2 Å². The SMILES string of the molecule is CC1CC(C#N)N(C(=O)C(CN2CC(N[C@@H](C)c3ccc(C(F)(F)F)cc3)CC2C=O)NC(=O)OC(C)(C)C)C1. The molecule has 3 rings (SSSR count). The van der Waals surface area contributed by atoms with Crippen LogP contribution in [0.3, 0.4) is 0 Å². The van der Waals surface area contributed by atoms with Gasteiger partial charge < -0.3 is 25.1 Å². The lowest BCUT2D eigenvalue weighted by Crippen LogP contribution is -2.56. The molecule has 0 aliphatic carbocycles. The largest absolute Gasteiger partial charge is 0.444 e. The number of hydrogen-bond donors (Lipinski definition) is 2. The first-order valence-corrected chi connectivity index (χ1v) is 13.4. The number of nitrogens with one attached hydrogen (secondary N) is 2. The van der Waals surface area contributed by atoms with Crippen LogP contribution in [-0.2, 0) is 20.5 Å². The highest BCUT2D eigenvalue weighted by atomic mass is 19.4. The maximum atomic E-state index is 13.6. The first-order valence-electron chi connectivity index (χ1n) is 13.4. The fraction of sp³-hybridized carbons (Fsp3) is 0.643. The second kappa shape index (κ2) is 12.6. The molecule has 1 aromatic carbocycles. The van der Waals surface area contributed by atoms with Crippen LogP contribution in [-0.4, -0.2) is 77.5 Å². The zero-order valence-corrected chi connectivity index (χ0v) is 23.5. The lowest BCUT2D eigenvalue weighted by molar-refractivity contribution is -0.137. The third-order valence-electron chi connectivity index (χ3n) is 7.18. The molecule has 5 unspecified atom stereocenters. The second-order valence-electron chi connectivity index (χ2n) is 11.8. The average Bonchev–Trinajstić information content (AvgIpc) is 3.43. The Labute approximate surface area is 233 Å². The Morgan fingerprint density at radius 3 is 2.38 bits per heavy atom. The van der Waals surface area contributed by atoms with E-state index in [0.717, 1.165) is 18.4 Å². The summed E-state index contributed by atoms with van der Waals surface area (Å²) in [5.74, 6) is -0.286. The summed E-state index contributed by atoms with van der Waals surface area (Å²) in [4.78, 5) is 41.5. The van der Waals surface area contributed by atoms with Gasteiger partial charge in [-0.2, -0.15) is 18.4 Å². The highest BCUT2D eigenvalue weighted by molar-refractivity contribution is 5.87. The van der Waals surface area contributed by atoms with Gasteiger partial charge in [0, 0.05) is 31.7 Å². The van der Waals surface area contributed by atoms with E-state index in [-0.39, 0.29) is 24.5 Å². The number of alkyl halides is 3. The zero-order chi connectivity index (χ0) is 29.8. The number of hydrogen-bond acceptors (Lipinski definition) is 7. The molecule has 0 bridgehead atoms. The van der Waals surface area contributed by atoms with Gasteiger partial charge >= 0.3 is 12.3 Å². The van der Waals surface area contributed by atoms with E-state index in [1.807, 2.05) is 13.8 Å². The van der Waals surface area contributed by atoms with Gasteiger partial charge in [-0.1, -0.05) is 19.1 Å². The Morgan fingerprint density at radius 1 is 1.18 bits per heavy atom. The van der Waals surface area contributed by atoms with Gasteiger partial charge in [-0.15, -0.1) is 0 Å². The van der Waals surface area contributed by atoms with Crippen molar-refractivity contribution in [3.63, 3.8) is 0 Å². The van der Waals surface area contributed by atoms with E-state index >= 15 is 0 Å². The summed E-state index contributed by atoms with van der Waals surface area (Å²) in [5.41, 5.74) is -0.854. The summed E-state index contributed by atoms with van der Waals surface area (Å²) in [7, 11) is 0. The van der Waals surface area contributed by atoms with Gasteiger partial charge in [0.15, 0.2) is 0 Å². The number of halogens is 3. The number of amides is 2. The molecular formula is C28H38F3N5O4. The molecule has 2 aliphatic rings. The normalized spacial score (nSPS) is 25.2. The third kappa shape index (κ3) is 8.17. The molecular weight excluding hydrogens is 527 g/mol. The van der Waals surface area contributed by atoms with Crippen molar-refractivity contribution in [2.24, 2.45) is 5.92 Å². The first kappa shape index (κ1) is 31.4. The number of carbonyl (C=O) groups is 3. The molecule has 220 valence electrons. The molecule has 2 fully saturated rings. The molecule has 0 radical (unpaired) electrons. The van der Waals surface area contributed by atoms with Gasteiger partial charge in [-0.25, -0.2) is 4.79 Å². The number of carbonyl (C=O) groups excluding carboxylic acids is 3. The lowest BCUT2D eigenvalue weighted by Gasteiger charge is -2.31. The van der Waals surface area contributed by atoms with Crippen molar-refractivity contribution >= 4 is 18.3 Å². The summed E-state index contributed by atoms with van der Waals surface area (Å²) in [5, 5.41) is 15.6. The van der Waals surface area contributed by atoms with E-state index in [4.69, 9.17) is 4.74 Å². The van der Waals surface area contributed by atoms with Crippen molar-refractivity contribution < 1.29 is 32.3 Å². The summed E-state index contributed by atoms with van der Waals surface area (Å²) in [6.45, 7) is 9.66. The van der Waals surface area contributed by atoms with E-state index in [2.05, 4.69) is 16.7 Å². The van der Waals surface area contributed by atoms with Crippen LogP contribution in [0.25, 0.3) is 0 Å². The summed E-state index contributed by atoms with van der Waals surface area (Å²) in [6.07, 6.45) is -3.45. The number of rotatable bonds is 8. The molecule has 6 atom stereocenters. The highest BCUT2D eigenvalue weighted by Gasteiger charge is 2.41. The maximum Gasteiger partial charge on any atom is 0.416 e. The second-order valence-corrected chi connectivity index (χ2v) is 11.8. The molecule has 2 amide bonds. The van der Waals surface area contributed by atoms with Crippen LogP contribution in [0.15, 0.2) is 24.3 Å². The Bertz CT molecular complexity index is 1100. The highest BCUT2D eigenvalue weighted by Crippen LogP contribution is 2.30. The Balaban J connectivity index is 1.72. The third-order valence-corrected chi connectivity index (χ3v) is 7.18. The van der Waals surface area contributed by atoms with Crippen molar-refractivity contribution in [2.75, 3.05) is 19.6 Å². The number of benzene rings is 1. The standard InChI is InChI=1S/C28H38F3N5O4/c1-17-10-22(12-32)36(13-17)25(38)24(34-26(39)40-27(3,4)5)15-35-14-21(11-23(35)16-37)33-18(2)19-6-8-20(9-7-19)28(29,30)31/h6-9,16-18,21-24,33H,10-11,13-15H2,1-5H3,(H,34,39)/t17?,18-,21?,22?,23?,24?/m0/s1. The molecule has 0 saturated carbocycles. The van der Waals surface area contributed by atoms with Crippen LogP contribution in [0.5, 0.6) is 0 Å². The minimum atomic E-state index is -4.42. The molecule has 12 heteroatoms. The summed E-state index contributed by atoms with van der Waals surface area (Å²) >= 11 is 0. The minimum absolute atomic E-state index is 0.0252. The van der Waals surface area contributed by atoms with Crippen LogP contribution < -0.4 is 10.6 Å². The van der Waals surface area contributed by atoms with Gasteiger partial charge in [0.1, 0.15) is 24.0 Å². The van der Waals surface area contributed by atoms with Crippen LogP contribution in [0, 0.1) is 17.2 Å². The minimum Gasteiger partial charge on any atom is -0.444 e. The lowest BCUT2D eigenvalue weighted by atomic mass is 10.0. The van der Waals surface area contributed by atoms with Crippen molar-refractivity contribution in [1.82, 2.24) is 20.4 Å². The van der Waals surface area contributed by atoms with Crippen LogP contribution >= 0.6 is 0 Å². The average molecular weight is 566 g/mol. The summed E-state index contributed by atoms with van der Waals surface area (Å²) in [6, 6.07) is 4.39. The van der Waals surface area contributed by atoms with E-state index in [0.29, 0.717) is 31.5 Å². The number of aldehydes is 1. The molecule has 2 aliphatic heterocycles. The topological polar surface area (TPSA) is 115 Å². The number of likely N-dealkylation sites (tertiary alicyclic amines) is 2. The van der Waals surface area contributed by atoms with Crippen LogP contribution in [0.1, 0.15) is 64.6 Å². The van der Waals surface area contributed by atoms with E-state index in [1.165, 1.54) is 17.0 Å². The molecule has 0 aromatic heterocycles. The van der Waals surface area contributed by atoms with Crippen molar-refractivity contribution in [3.8, 4) is 6.07 Å². The number of alkyl carbamates (subject to hydrolysis) is 1. The Morgan fingerprint density at radius 2 is 1.82 bits per heavy atom. The zero-order valence-electron chi connectivity index (χ0n) is 23.5. The predicted octanol–water partition coefficient (Wildman–Crippen LogP) is 3.65. The van der Waals surface area contributed by atoms with Crippen molar-refractivity contribution in [2.45, 2.75) is 89.4 Å². The molecule has 2 N–H and O–H groups in total. The maximum absolute atomic E-state index is 13.6. The first-order chi connectivity index (χ1) is 18.6. The fourth-order valence-corrected chi connectivity index (χ4v) is 5.30. The Kier molecular flexibility index (Phi) is 9.85. The molecule has 2 heterocycles. The fourth-order valence-electron chi connectivity index (χ4n) is 5.30. The predicted molar refractivity (Wildman–Crippen MR) is 141 cm³/mol. The van der Waals surface area contributed by atoms with E-state index < -0.39 is 47.5 Å². The number of ether oxygens (including phenoxy) is 1. The van der Waals surface area contributed by atoms with Crippen LogP contribution in [0.4, 0.5) is 18.0 Å². The van der Waals surface area contributed by atoms with Gasteiger partial charge in [0.2, 0.25) is 5.91 Å². The van der Waals surface area contributed by atoms with E-state index in [1.54, 1.807) is 25.7 Å². The summed E-state index contributed by atoms with van der Waals surface area (Å²) < 4.78 is 44.1. The van der Waals surface area contributed by atoms with Crippen LogP contribution in [0.2, 0.25) is 0 Å². The van der Waals surface area contributed by atoms with E-state index in [9.17, 15) is 32.8 Å². The van der Waals surface area contributed by atoms with Crippen molar-refractivity contribution in [3.05, 3.63) is 35.4 Å². The molecule has 40 heavy (non-hydrogen) atoms. The molecule has 1 aromatic rings. The smallest absolute Gasteiger partial charge is 0.416 e. The molecule has 2 saturated heterocycles. The van der Waals surface area contributed by atoms with Crippen molar-refractivity contribution in [1.29, 1.82) is 5.26 Å². The van der Waals surface area contributed by atoms with Gasteiger partial charge in [0.25, 0.3) is 0 Å².